The minimum Gasteiger partial charge on any atom is -0.306 e. The second kappa shape index (κ2) is 8.79. The van der Waals surface area contributed by atoms with Gasteiger partial charge in [0.1, 0.15) is 4.90 Å². The van der Waals surface area contributed by atoms with E-state index in [0.29, 0.717) is 16.5 Å². The van der Waals surface area contributed by atoms with E-state index < -0.39 is 16.1 Å². The number of hydrogen-bond acceptors (Lipinski definition) is 5. The van der Waals surface area contributed by atoms with Crippen LogP contribution in [0.15, 0.2) is 83.8 Å². The maximum Gasteiger partial charge on any atom is 0.326 e. The van der Waals surface area contributed by atoms with E-state index in [9.17, 15) is 13.2 Å². The summed E-state index contributed by atoms with van der Waals surface area (Å²) in [6.07, 6.45) is 0. The number of anilines is 2. The molecular weight excluding hydrogens is 452 g/mol. The number of carbonyl (C=O) groups excluding carboxylic acids is 1. The molecule has 162 valence electrons. The van der Waals surface area contributed by atoms with Crippen molar-refractivity contribution in [1.29, 1.82) is 0 Å². The van der Waals surface area contributed by atoms with E-state index in [1.54, 1.807) is 35.0 Å². The summed E-state index contributed by atoms with van der Waals surface area (Å²) in [4.78, 5) is 16.8. The number of urea groups is 1. The Labute approximate surface area is 188 Å². The molecular formula is C21H17ClN6O3S. The van der Waals surface area contributed by atoms with Crippen LogP contribution in [0.2, 0.25) is 5.02 Å². The molecule has 0 fully saturated rings. The molecule has 1 aromatic heterocycles. The van der Waals surface area contributed by atoms with Gasteiger partial charge in [-0.05, 0) is 36.4 Å². The van der Waals surface area contributed by atoms with E-state index in [0.717, 1.165) is 5.56 Å². The third kappa shape index (κ3) is 4.78. The van der Waals surface area contributed by atoms with Gasteiger partial charge >= 0.3 is 6.03 Å². The van der Waals surface area contributed by atoms with Gasteiger partial charge in [-0.1, -0.05) is 54.1 Å². The van der Waals surface area contributed by atoms with Gasteiger partial charge in [-0.25, -0.2) is 23.0 Å². The number of nitrogens with one attached hydrogen (secondary N) is 2. The normalized spacial score (nSPS) is 11.2. The summed E-state index contributed by atoms with van der Waals surface area (Å²) in [7, 11) is -4.02. The highest BCUT2D eigenvalue weighted by Crippen LogP contribution is 2.24. The lowest BCUT2D eigenvalue weighted by atomic mass is 10.2. The Morgan fingerprint density at radius 2 is 1.56 bits per heavy atom. The summed E-state index contributed by atoms with van der Waals surface area (Å²) in [5, 5.41) is 15.2. The van der Waals surface area contributed by atoms with Crippen LogP contribution in [0.25, 0.3) is 17.1 Å². The molecule has 0 spiro atoms. The lowest BCUT2D eigenvalue weighted by Gasteiger charge is -2.09. The zero-order valence-corrected chi connectivity index (χ0v) is 18.0. The molecule has 0 unspecified atom stereocenters. The molecule has 11 heteroatoms. The van der Waals surface area contributed by atoms with Crippen molar-refractivity contribution in [1.82, 2.24) is 14.8 Å². The smallest absolute Gasteiger partial charge is 0.306 e. The Balaban J connectivity index is 1.65. The van der Waals surface area contributed by atoms with E-state index in [1.807, 2.05) is 30.3 Å². The minimum atomic E-state index is -4.02. The number of primary sulfonamides is 1. The summed E-state index contributed by atoms with van der Waals surface area (Å²) in [5.74, 6) is 0.512. The summed E-state index contributed by atoms with van der Waals surface area (Å²) in [6.45, 7) is 0. The Morgan fingerprint density at radius 3 is 2.25 bits per heavy atom. The van der Waals surface area contributed by atoms with Gasteiger partial charge in [0.25, 0.3) is 5.95 Å². The van der Waals surface area contributed by atoms with Crippen LogP contribution in [-0.2, 0) is 10.0 Å². The van der Waals surface area contributed by atoms with Crippen molar-refractivity contribution in [2.75, 3.05) is 10.6 Å². The molecule has 0 aliphatic carbocycles. The maximum absolute atomic E-state index is 12.5. The highest BCUT2D eigenvalue weighted by Gasteiger charge is 2.18. The largest absolute Gasteiger partial charge is 0.326 e. The molecule has 0 atom stereocenters. The lowest BCUT2D eigenvalue weighted by molar-refractivity contribution is 0.262. The van der Waals surface area contributed by atoms with Gasteiger partial charge in [-0.15, -0.1) is 5.10 Å². The number of nitrogens with zero attached hydrogens (tertiary/aromatic N) is 3. The summed E-state index contributed by atoms with van der Waals surface area (Å²) in [5.41, 5.74) is 1.50. The number of carbonyl (C=O) groups is 1. The Hall–Kier alpha value is -3.73. The molecule has 4 N–H and O–H groups in total. The van der Waals surface area contributed by atoms with Gasteiger partial charge in [0, 0.05) is 10.6 Å². The molecule has 0 saturated carbocycles. The second-order valence-electron chi connectivity index (χ2n) is 6.63. The number of sulfonamides is 1. The molecule has 0 aliphatic heterocycles. The van der Waals surface area contributed by atoms with Crippen LogP contribution in [-0.4, -0.2) is 29.2 Å². The van der Waals surface area contributed by atoms with E-state index >= 15 is 0 Å². The third-order valence-electron chi connectivity index (χ3n) is 4.38. The van der Waals surface area contributed by atoms with Crippen molar-refractivity contribution in [2.24, 2.45) is 5.14 Å². The monoisotopic (exact) mass is 468 g/mol. The molecule has 3 aromatic carbocycles. The topological polar surface area (TPSA) is 132 Å². The fourth-order valence-corrected chi connectivity index (χ4v) is 3.79. The fourth-order valence-electron chi connectivity index (χ4n) is 2.97. The van der Waals surface area contributed by atoms with Gasteiger partial charge in [-0.2, -0.15) is 4.98 Å². The average molecular weight is 469 g/mol. The van der Waals surface area contributed by atoms with E-state index in [2.05, 4.69) is 20.7 Å². The van der Waals surface area contributed by atoms with Gasteiger partial charge in [0.05, 0.1) is 11.4 Å². The quantitative estimate of drug-likeness (QED) is 0.409. The SMILES string of the molecule is NS(=O)(=O)c1ccccc1NC(=O)Nc1nc(-c2ccccc2)n(-c2ccc(Cl)cc2)n1. The molecule has 4 aromatic rings. The number of nitrogens with two attached hydrogens (primary N) is 1. The van der Waals surface area contributed by atoms with Crippen molar-refractivity contribution in [2.45, 2.75) is 4.90 Å². The zero-order chi connectivity index (χ0) is 22.7. The molecule has 32 heavy (non-hydrogen) atoms. The van der Waals surface area contributed by atoms with Crippen molar-refractivity contribution in [3.8, 4) is 17.1 Å². The molecule has 1 heterocycles. The van der Waals surface area contributed by atoms with Crippen LogP contribution in [0.1, 0.15) is 0 Å². The number of para-hydroxylation sites is 1. The van der Waals surface area contributed by atoms with Gasteiger partial charge < -0.3 is 5.32 Å². The van der Waals surface area contributed by atoms with E-state index in [-0.39, 0.29) is 16.5 Å². The molecule has 0 radical (unpaired) electrons. The number of halogens is 1. The molecule has 4 rings (SSSR count). The van der Waals surface area contributed by atoms with E-state index in [1.165, 1.54) is 18.2 Å². The van der Waals surface area contributed by atoms with Gasteiger partial charge in [0.15, 0.2) is 5.82 Å². The van der Waals surface area contributed by atoms with Gasteiger partial charge in [0.2, 0.25) is 10.0 Å². The molecule has 0 saturated heterocycles. The molecule has 0 aliphatic rings. The van der Waals surface area contributed by atoms with Crippen molar-refractivity contribution in [3.05, 3.63) is 83.9 Å². The number of rotatable bonds is 5. The zero-order valence-electron chi connectivity index (χ0n) is 16.4. The Kier molecular flexibility index (Phi) is 5.91. The summed E-state index contributed by atoms with van der Waals surface area (Å²) in [6, 6.07) is 21.4. The predicted octanol–water partition coefficient (Wildman–Crippen LogP) is 3.88. The van der Waals surface area contributed by atoms with Crippen LogP contribution in [0.3, 0.4) is 0 Å². The molecule has 0 bridgehead atoms. The standard InChI is InChI=1S/C21H17ClN6O3S/c22-15-10-12-16(13-11-15)28-19(14-6-2-1-3-7-14)25-20(27-28)26-21(29)24-17-8-4-5-9-18(17)32(23,30)31/h1-13H,(H2,23,30,31)(H2,24,26,27,29). The van der Waals surface area contributed by atoms with Crippen LogP contribution >= 0.6 is 11.6 Å². The first-order valence-corrected chi connectivity index (χ1v) is 11.2. The highest BCUT2D eigenvalue weighted by atomic mass is 35.5. The van der Waals surface area contributed by atoms with Crippen LogP contribution in [0.4, 0.5) is 16.4 Å². The number of amides is 2. The fraction of sp³-hybridized carbons (Fsp3) is 0. The first-order chi connectivity index (χ1) is 15.3. The van der Waals surface area contributed by atoms with Crippen LogP contribution in [0.5, 0.6) is 0 Å². The molecule has 9 nitrogen and oxygen atoms in total. The summed E-state index contributed by atoms with van der Waals surface area (Å²) < 4.78 is 25.1. The van der Waals surface area contributed by atoms with Crippen molar-refractivity contribution >= 4 is 39.3 Å². The predicted molar refractivity (Wildman–Crippen MR) is 122 cm³/mol. The number of aromatic nitrogens is 3. The number of hydrogen-bond donors (Lipinski definition) is 3. The third-order valence-corrected chi connectivity index (χ3v) is 5.60. The van der Waals surface area contributed by atoms with Crippen molar-refractivity contribution < 1.29 is 13.2 Å². The first-order valence-electron chi connectivity index (χ1n) is 9.29. The first kappa shape index (κ1) is 21.5. The van der Waals surface area contributed by atoms with Crippen molar-refractivity contribution in [3.63, 3.8) is 0 Å². The van der Waals surface area contributed by atoms with Crippen LogP contribution < -0.4 is 15.8 Å². The van der Waals surface area contributed by atoms with Gasteiger partial charge in [-0.3, -0.25) is 5.32 Å². The maximum atomic E-state index is 12.5. The Bertz CT molecular complexity index is 1370. The summed E-state index contributed by atoms with van der Waals surface area (Å²) >= 11 is 5.99. The number of benzene rings is 3. The molecule has 2 amide bonds. The lowest BCUT2D eigenvalue weighted by Crippen LogP contribution is -2.23. The second-order valence-corrected chi connectivity index (χ2v) is 8.60. The minimum absolute atomic E-state index is 0.0180. The van der Waals surface area contributed by atoms with Crippen LogP contribution in [0, 0.1) is 0 Å². The van der Waals surface area contributed by atoms with E-state index in [4.69, 9.17) is 16.7 Å². The highest BCUT2D eigenvalue weighted by molar-refractivity contribution is 7.89. The average Bonchev–Trinajstić information content (AvgIpc) is 3.18. The Morgan fingerprint density at radius 1 is 0.906 bits per heavy atom.